The van der Waals surface area contributed by atoms with Crippen molar-refractivity contribution in [1.29, 1.82) is 5.26 Å². The summed E-state index contributed by atoms with van der Waals surface area (Å²) in [5.41, 5.74) is -0.621. The van der Waals surface area contributed by atoms with Gasteiger partial charge in [-0.05, 0) is 50.7 Å². The Morgan fingerprint density at radius 1 is 1.16 bits per heavy atom. The largest absolute Gasteiger partial charge is 0.416 e. The molecule has 1 aromatic carbocycles. The minimum Gasteiger partial charge on any atom is -0.306 e. The molecule has 0 atom stereocenters. The molecule has 1 aliphatic rings. The van der Waals surface area contributed by atoms with Crippen LogP contribution in [0.25, 0.3) is 0 Å². The van der Waals surface area contributed by atoms with Crippen LogP contribution in [0.4, 0.5) is 13.2 Å². The van der Waals surface area contributed by atoms with Crippen LogP contribution in [0.1, 0.15) is 24.0 Å². The molecule has 2 nitrogen and oxygen atoms in total. The molecule has 1 heterocycles. The van der Waals surface area contributed by atoms with Gasteiger partial charge in [0.15, 0.2) is 0 Å². The summed E-state index contributed by atoms with van der Waals surface area (Å²) in [4.78, 5) is 2.12. The van der Waals surface area contributed by atoms with Crippen molar-refractivity contribution in [2.45, 2.75) is 24.4 Å². The van der Waals surface area contributed by atoms with Gasteiger partial charge in [-0.15, -0.1) is 0 Å². The second kappa shape index (κ2) is 4.86. The van der Waals surface area contributed by atoms with E-state index in [-0.39, 0.29) is 0 Å². The highest BCUT2D eigenvalue weighted by atomic mass is 19.4. The normalized spacial score (nSPS) is 19.9. The molecule has 102 valence electrons. The molecule has 1 aromatic rings. The van der Waals surface area contributed by atoms with Crippen LogP contribution in [0.3, 0.4) is 0 Å². The molecule has 0 N–H and O–H groups in total. The predicted octanol–water partition coefficient (Wildman–Crippen LogP) is 3.19. The molecule has 0 unspecified atom stereocenters. The highest BCUT2D eigenvalue weighted by Gasteiger charge is 2.36. The summed E-state index contributed by atoms with van der Waals surface area (Å²) in [5, 5.41) is 9.42. The van der Waals surface area contributed by atoms with Crippen molar-refractivity contribution < 1.29 is 13.2 Å². The van der Waals surface area contributed by atoms with E-state index in [1.165, 1.54) is 12.1 Å². The number of benzene rings is 1. The lowest BCUT2D eigenvalue weighted by molar-refractivity contribution is -0.137. The van der Waals surface area contributed by atoms with Crippen molar-refractivity contribution in [3.8, 4) is 6.07 Å². The van der Waals surface area contributed by atoms with E-state index in [0.29, 0.717) is 18.4 Å². The number of hydrogen-bond donors (Lipinski definition) is 0. The van der Waals surface area contributed by atoms with Crippen molar-refractivity contribution in [2.24, 2.45) is 0 Å². The van der Waals surface area contributed by atoms with Gasteiger partial charge in [0.05, 0.1) is 17.0 Å². The summed E-state index contributed by atoms with van der Waals surface area (Å²) in [6.07, 6.45) is -3.01. The second-order valence-electron chi connectivity index (χ2n) is 5.07. The first-order valence-electron chi connectivity index (χ1n) is 6.15. The van der Waals surface area contributed by atoms with Gasteiger partial charge >= 0.3 is 6.18 Å². The van der Waals surface area contributed by atoms with Gasteiger partial charge in [0.1, 0.15) is 0 Å². The molecule has 0 bridgehead atoms. The molecule has 5 heteroatoms. The van der Waals surface area contributed by atoms with Crippen molar-refractivity contribution >= 4 is 0 Å². The molecule has 0 aromatic heterocycles. The third kappa shape index (κ3) is 2.74. The second-order valence-corrected chi connectivity index (χ2v) is 5.07. The summed E-state index contributed by atoms with van der Waals surface area (Å²) in [6.45, 7) is 1.57. The molecule has 1 saturated heterocycles. The maximum absolute atomic E-state index is 12.5. The Kier molecular flexibility index (Phi) is 3.55. The molecule has 0 spiro atoms. The fourth-order valence-corrected chi connectivity index (χ4v) is 2.44. The summed E-state index contributed by atoms with van der Waals surface area (Å²) in [6, 6.07) is 7.31. The average molecular weight is 268 g/mol. The smallest absolute Gasteiger partial charge is 0.306 e. The van der Waals surface area contributed by atoms with Crippen LogP contribution >= 0.6 is 0 Å². The summed E-state index contributed by atoms with van der Waals surface area (Å²) < 4.78 is 37.6. The quantitative estimate of drug-likeness (QED) is 0.782. The Bertz CT molecular complexity index is 477. The minimum atomic E-state index is -4.33. The zero-order valence-electron chi connectivity index (χ0n) is 10.7. The van der Waals surface area contributed by atoms with Gasteiger partial charge < -0.3 is 4.90 Å². The number of likely N-dealkylation sites (tertiary alicyclic amines) is 1. The monoisotopic (exact) mass is 268 g/mol. The summed E-state index contributed by atoms with van der Waals surface area (Å²) in [7, 11) is 1.98. The molecule has 1 fully saturated rings. The van der Waals surface area contributed by atoms with E-state index < -0.39 is 17.2 Å². The van der Waals surface area contributed by atoms with Crippen molar-refractivity contribution in [3.63, 3.8) is 0 Å². The lowest BCUT2D eigenvalue weighted by Gasteiger charge is -2.35. The standard InChI is InChI=1S/C14H15F3N2/c1-19-8-6-13(10-18,7-9-19)11-2-4-12(5-3-11)14(15,16)17/h2-5H,6-9H2,1H3. The average Bonchev–Trinajstić information content (AvgIpc) is 2.39. The highest BCUT2D eigenvalue weighted by molar-refractivity contribution is 5.36. The lowest BCUT2D eigenvalue weighted by atomic mass is 9.74. The maximum atomic E-state index is 12.5. The van der Waals surface area contributed by atoms with E-state index in [2.05, 4.69) is 11.0 Å². The maximum Gasteiger partial charge on any atom is 0.416 e. The third-order valence-corrected chi connectivity index (χ3v) is 3.82. The number of nitrogens with zero attached hydrogens (tertiary/aromatic N) is 2. The molecule has 0 radical (unpaired) electrons. The molecule has 19 heavy (non-hydrogen) atoms. The fourth-order valence-electron chi connectivity index (χ4n) is 2.44. The van der Waals surface area contributed by atoms with Gasteiger partial charge in [0.25, 0.3) is 0 Å². The molecule has 0 saturated carbocycles. The zero-order valence-corrected chi connectivity index (χ0v) is 10.7. The van der Waals surface area contributed by atoms with E-state index in [1.54, 1.807) is 0 Å². The molecular formula is C14H15F3N2. The Balaban J connectivity index is 2.28. The van der Waals surface area contributed by atoms with Crippen LogP contribution in [-0.4, -0.2) is 25.0 Å². The van der Waals surface area contributed by atoms with Crippen LogP contribution in [0.5, 0.6) is 0 Å². The predicted molar refractivity (Wildman–Crippen MR) is 65.5 cm³/mol. The minimum absolute atomic E-state index is 0.642. The number of alkyl halides is 3. The van der Waals surface area contributed by atoms with Gasteiger partial charge in [0.2, 0.25) is 0 Å². The topological polar surface area (TPSA) is 27.0 Å². The first-order valence-corrected chi connectivity index (χ1v) is 6.15. The van der Waals surface area contributed by atoms with Crippen LogP contribution in [0.15, 0.2) is 24.3 Å². The fraction of sp³-hybridized carbons (Fsp3) is 0.500. The Hall–Kier alpha value is -1.54. The molecule has 0 aliphatic carbocycles. The first-order chi connectivity index (χ1) is 8.87. The van der Waals surface area contributed by atoms with Crippen molar-refractivity contribution in [3.05, 3.63) is 35.4 Å². The van der Waals surface area contributed by atoms with Crippen LogP contribution < -0.4 is 0 Å². The van der Waals surface area contributed by atoms with Gasteiger partial charge in [-0.2, -0.15) is 18.4 Å². The molecule has 1 aliphatic heterocycles. The van der Waals surface area contributed by atoms with Crippen LogP contribution in [-0.2, 0) is 11.6 Å². The van der Waals surface area contributed by atoms with E-state index in [4.69, 9.17) is 0 Å². The molecular weight excluding hydrogens is 253 g/mol. The van der Waals surface area contributed by atoms with E-state index in [1.807, 2.05) is 7.05 Å². The number of rotatable bonds is 1. The zero-order chi connectivity index (χ0) is 14.1. The van der Waals surface area contributed by atoms with Gasteiger partial charge in [0, 0.05) is 0 Å². The van der Waals surface area contributed by atoms with Crippen molar-refractivity contribution in [1.82, 2.24) is 4.90 Å². The Labute approximate surface area is 110 Å². The van der Waals surface area contributed by atoms with Gasteiger partial charge in [-0.1, -0.05) is 12.1 Å². The Morgan fingerprint density at radius 3 is 2.11 bits per heavy atom. The van der Waals surface area contributed by atoms with Crippen molar-refractivity contribution in [2.75, 3.05) is 20.1 Å². The summed E-state index contributed by atoms with van der Waals surface area (Å²) >= 11 is 0. The number of halogens is 3. The SMILES string of the molecule is CN1CCC(C#N)(c2ccc(C(F)(F)F)cc2)CC1. The summed E-state index contributed by atoms with van der Waals surface area (Å²) in [5.74, 6) is 0. The molecule has 2 rings (SSSR count). The van der Waals surface area contributed by atoms with Crippen LogP contribution in [0, 0.1) is 11.3 Å². The van der Waals surface area contributed by atoms with E-state index >= 15 is 0 Å². The number of piperidine rings is 1. The van der Waals surface area contributed by atoms with E-state index in [0.717, 1.165) is 25.2 Å². The third-order valence-electron chi connectivity index (χ3n) is 3.82. The van der Waals surface area contributed by atoms with Crippen LogP contribution in [0.2, 0.25) is 0 Å². The molecule has 0 amide bonds. The van der Waals surface area contributed by atoms with Gasteiger partial charge in [-0.3, -0.25) is 0 Å². The highest BCUT2D eigenvalue weighted by Crippen LogP contribution is 2.36. The van der Waals surface area contributed by atoms with E-state index in [9.17, 15) is 18.4 Å². The Morgan fingerprint density at radius 2 is 1.68 bits per heavy atom. The number of hydrogen-bond acceptors (Lipinski definition) is 2. The van der Waals surface area contributed by atoms with Gasteiger partial charge in [-0.25, -0.2) is 0 Å². The number of nitriles is 1. The first kappa shape index (κ1) is 13.9. The lowest BCUT2D eigenvalue weighted by Crippen LogP contribution is -2.39.